The van der Waals surface area contributed by atoms with Gasteiger partial charge in [-0.1, -0.05) is 12.1 Å². The zero-order valence-corrected chi connectivity index (χ0v) is 17.0. The van der Waals surface area contributed by atoms with Crippen molar-refractivity contribution in [2.45, 2.75) is 31.7 Å². The van der Waals surface area contributed by atoms with E-state index in [0.29, 0.717) is 28.8 Å². The third-order valence-corrected chi connectivity index (χ3v) is 6.17. The maximum absolute atomic E-state index is 13.3. The van der Waals surface area contributed by atoms with Gasteiger partial charge in [-0.2, -0.15) is 5.10 Å². The number of nitrogens with one attached hydrogen (secondary N) is 1. The third-order valence-electron chi connectivity index (χ3n) is 6.17. The van der Waals surface area contributed by atoms with Crippen LogP contribution in [0.2, 0.25) is 0 Å². The van der Waals surface area contributed by atoms with E-state index in [4.69, 9.17) is 0 Å². The summed E-state index contributed by atoms with van der Waals surface area (Å²) in [6, 6.07) is 13.8. The van der Waals surface area contributed by atoms with Crippen LogP contribution in [0.25, 0.3) is 5.69 Å². The van der Waals surface area contributed by atoms with Gasteiger partial charge in [-0.05, 0) is 67.1 Å². The van der Waals surface area contributed by atoms with Crippen LogP contribution in [-0.2, 0) is 11.2 Å². The molecule has 2 bridgehead atoms. The lowest BCUT2D eigenvalue weighted by atomic mass is 10.1. The highest BCUT2D eigenvalue weighted by atomic mass is 19.1. The molecule has 1 aliphatic heterocycles. The largest absolute Gasteiger partial charge is 0.335 e. The van der Waals surface area contributed by atoms with Gasteiger partial charge in [-0.3, -0.25) is 9.59 Å². The second kappa shape index (κ2) is 7.98. The number of likely N-dealkylation sites (tertiary alicyclic amines) is 1. The van der Waals surface area contributed by atoms with E-state index < -0.39 is 0 Å². The molecule has 2 amide bonds. The molecule has 5 rings (SSSR count). The van der Waals surface area contributed by atoms with Crippen molar-refractivity contribution in [1.82, 2.24) is 14.7 Å². The van der Waals surface area contributed by atoms with Crippen LogP contribution < -0.4 is 5.32 Å². The molecule has 1 aromatic heterocycles. The first-order valence-corrected chi connectivity index (χ1v) is 10.6. The number of halogens is 1. The summed E-state index contributed by atoms with van der Waals surface area (Å²) in [4.78, 5) is 27.1. The summed E-state index contributed by atoms with van der Waals surface area (Å²) in [6.45, 7) is 0.878. The fraction of sp³-hybridized carbons (Fsp3) is 0.292. The maximum atomic E-state index is 13.3. The second-order valence-electron chi connectivity index (χ2n) is 8.37. The van der Waals surface area contributed by atoms with Crippen molar-refractivity contribution in [3.05, 3.63) is 77.9 Å². The summed E-state index contributed by atoms with van der Waals surface area (Å²) in [5, 5.41) is 7.07. The molecule has 1 saturated carbocycles. The van der Waals surface area contributed by atoms with Crippen molar-refractivity contribution >= 4 is 17.5 Å². The number of carbonyl (C=O) groups is 2. The standard InChI is InChI=1S/C24H23FN4O2/c25-19-3-1-2-16(10-19)12-23(30)27-20-13-26-29(15-20)21-8-5-18(6-9-21)24(31)28-14-17-4-7-22(28)11-17/h1-3,5-6,8-10,13,15,17,22H,4,7,11-12,14H2,(H,27,30)/t17-,22-/m0/s1. The minimum absolute atomic E-state index is 0.0814. The Bertz CT molecular complexity index is 1120. The van der Waals surface area contributed by atoms with Crippen LogP contribution in [0.4, 0.5) is 10.1 Å². The first kappa shape index (κ1) is 19.5. The molecule has 158 valence electrons. The Morgan fingerprint density at radius 2 is 1.97 bits per heavy atom. The topological polar surface area (TPSA) is 67.2 Å². The molecule has 1 saturated heterocycles. The van der Waals surface area contributed by atoms with Crippen LogP contribution in [0.3, 0.4) is 0 Å². The SMILES string of the molecule is O=C(Cc1cccc(F)c1)Nc1cnn(-c2ccc(C(=O)N3C[C@H]4CC[C@H]3C4)cc2)c1. The highest BCUT2D eigenvalue weighted by Crippen LogP contribution is 2.38. The van der Waals surface area contributed by atoms with Crippen molar-refractivity contribution in [1.29, 1.82) is 0 Å². The summed E-state index contributed by atoms with van der Waals surface area (Å²) in [7, 11) is 0. The van der Waals surface area contributed by atoms with E-state index in [2.05, 4.69) is 10.4 Å². The average Bonchev–Trinajstić information content (AvgIpc) is 3.51. The van der Waals surface area contributed by atoms with Gasteiger partial charge in [0.15, 0.2) is 0 Å². The van der Waals surface area contributed by atoms with Crippen LogP contribution in [0.5, 0.6) is 0 Å². The molecule has 2 aromatic carbocycles. The van der Waals surface area contributed by atoms with Gasteiger partial charge in [0.1, 0.15) is 5.82 Å². The number of carbonyl (C=O) groups excluding carboxylic acids is 2. The lowest BCUT2D eigenvalue weighted by Crippen LogP contribution is -2.37. The quantitative estimate of drug-likeness (QED) is 0.685. The van der Waals surface area contributed by atoms with E-state index in [1.165, 1.54) is 18.6 Å². The molecule has 1 aliphatic carbocycles. The van der Waals surface area contributed by atoms with Crippen molar-refractivity contribution < 1.29 is 14.0 Å². The summed E-state index contributed by atoms with van der Waals surface area (Å²) >= 11 is 0. The predicted molar refractivity (Wildman–Crippen MR) is 114 cm³/mol. The van der Waals surface area contributed by atoms with Gasteiger partial charge >= 0.3 is 0 Å². The maximum Gasteiger partial charge on any atom is 0.254 e. The fourth-order valence-corrected chi connectivity index (χ4v) is 4.66. The molecule has 6 nitrogen and oxygen atoms in total. The number of nitrogens with zero attached hydrogens (tertiary/aromatic N) is 3. The molecule has 2 aliphatic rings. The summed E-state index contributed by atoms with van der Waals surface area (Å²) in [5.41, 5.74) is 2.64. The Morgan fingerprint density at radius 3 is 2.68 bits per heavy atom. The predicted octanol–water partition coefficient (Wildman–Crippen LogP) is 3.82. The molecule has 0 spiro atoms. The van der Waals surface area contributed by atoms with Gasteiger partial charge in [0.05, 0.1) is 30.2 Å². The van der Waals surface area contributed by atoms with Crippen LogP contribution in [0, 0.1) is 11.7 Å². The number of piperidine rings is 1. The Kier molecular flexibility index (Phi) is 5.02. The number of aromatic nitrogens is 2. The average molecular weight is 418 g/mol. The van der Waals surface area contributed by atoms with Crippen LogP contribution in [0.1, 0.15) is 35.2 Å². The van der Waals surface area contributed by atoms with Gasteiger partial charge < -0.3 is 10.2 Å². The van der Waals surface area contributed by atoms with E-state index in [0.717, 1.165) is 25.1 Å². The van der Waals surface area contributed by atoms with Crippen LogP contribution >= 0.6 is 0 Å². The van der Waals surface area contributed by atoms with E-state index in [9.17, 15) is 14.0 Å². The van der Waals surface area contributed by atoms with Gasteiger partial charge in [0.25, 0.3) is 5.91 Å². The van der Waals surface area contributed by atoms with Crippen molar-refractivity contribution in [3.8, 4) is 5.69 Å². The monoisotopic (exact) mass is 418 g/mol. The summed E-state index contributed by atoms with van der Waals surface area (Å²) < 4.78 is 14.9. The minimum atomic E-state index is -0.364. The molecule has 2 fully saturated rings. The lowest BCUT2D eigenvalue weighted by molar-refractivity contribution is -0.115. The van der Waals surface area contributed by atoms with Crippen LogP contribution in [-0.4, -0.2) is 39.1 Å². The number of amides is 2. The minimum Gasteiger partial charge on any atom is -0.335 e. The Morgan fingerprint density at radius 1 is 1.13 bits per heavy atom. The normalized spacial score (nSPS) is 19.6. The zero-order chi connectivity index (χ0) is 21.4. The summed E-state index contributed by atoms with van der Waals surface area (Å²) in [6.07, 6.45) is 6.86. The zero-order valence-electron chi connectivity index (χ0n) is 17.0. The van der Waals surface area contributed by atoms with Crippen molar-refractivity contribution in [2.75, 3.05) is 11.9 Å². The van der Waals surface area contributed by atoms with Crippen molar-refractivity contribution in [2.24, 2.45) is 5.92 Å². The number of anilines is 1. The molecule has 2 atom stereocenters. The molecule has 7 heteroatoms. The van der Waals surface area contributed by atoms with E-state index >= 15 is 0 Å². The number of fused-ring (bicyclic) bond motifs is 2. The smallest absolute Gasteiger partial charge is 0.254 e. The summed E-state index contributed by atoms with van der Waals surface area (Å²) in [5.74, 6) is 0.166. The van der Waals surface area contributed by atoms with Gasteiger partial charge in [0, 0.05) is 18.2 Å². The van der Waals surface area contributed by atoms with Crippen molar-refractivity contribution in [3.63, 3.8) is 0 Å². The first-order valence-electron chi connectivity index (χ1n) is 10.6. The van der Waals surface area contributed by atoms with Gasteiger partial charge in [0.2, 0.25) is 5.91 Å². The second-order valence-corrected chi connectivity index (χ2v) is 8.37. The highest BCUT2D eigenvalue weighted by Gasteiger charge is 2.40. The first-order chi connectivity index (χ1) is 15.0. The molecule has 3 aromatic rings. The lowest BCUT2D eigenvalue weighted by Gasteiger charge is -2.27. The molecular formula is C24H23FN4O2. The molecular weight excluding hydrogens is 395 g/mol. The van der Waals surface area contributed by atoms with Gasteiger partial charge in [-0.15, -0.1) is 0 Å². The van der Waals surface area contributed by atoms with Crippen LogP contribution in [0.15, 0.2) is 60.9 Å². The number of rotatable bonds is 5. The highest BCUT2D eigenvalue weighted by molar-refractivity contribution is 5.95. The molecule has 31 heavy (non-hydrogen) atoms. The Balaban J connectivity index is 1.22. The van der Waals surface area contributed by atoms with Gasteiger partial charge in [-0.25, -0.2) is 9.07 Å². The van der Waals surface area contributed by atoms with E-state index in [-0.39, 0.29) is 24.1 Å². The number of hydrogen-bond acceptors (Lipinski definition) is 3. The molecule has 2 heterocycles. The van der Waals surface area contributed by atoms with E-state index in [1.54, 1.807) is 29.2 Å². The Hall–Kier alpha value is -3.48. The molecule has 0 unspecified atom stereocenters. The number of hydrogen-bond donors (Lipinski definition) is 1. The van der Waals surface area contributed by atoms with E-state index in [1.807, 2.05) is 29.2 Å². The fourth-order valence-electron chi connectivity index (χ4n) is 4.66. The Labute approximate surface area is 179 Å². The number of benzene rings is 2. The third kappa shape index (κ3) is 4.08. The molecule has 0 radical (unpaired) electrons. The molecule has 1 N–H and O–H groups in total.